The number of aliphatic hydroxyl groups is 1. The molecule has 0 aromatic carbocycles. The van der Waals surface area contributed by atoms with E-state index >= 15 is 0 Å². The molecule has 0 fully saturated rings. The fraction of sp³-hybridized carbons (Fsp3) is 0.870. The van der Waals surface area contributed by atoms with Gasteiger partial charge in [-0.05, 0) is 19.3 Å². The maximum atomic E-state index is 11.9. The minimum atomic E-state index is -1.50. The number of hydrogen-bond donors (Lipinski definition) is 5. The first kappa shape index (κ1) is 37.4. The number of carbonyl (C=O) groups excluding carboxylic acids is 3. The van der Waals surface area contributed by atoms with Gasteiger partial charge in [-0.1, -0.05) is 12.8 Å². The van der Waals surface area contributed by atoms with Crippen molar-refractivity contribution in [2.45, 2.75) is 51.0 Å². The Labute approximate surface area is 233 Å². The van der Waals surface area contributed by atoms with Gasteiger partial charge in [0.15, 0.2) is 16.8 Å². The molecule has 0 heterocycles. The van der Waals surface area contributed by atoms with Crippen LogP contribution >= 0.6 is 28.5 Å². The first-order valence-electron chi connectivity index (χ1n) is 12.8. The third kappa shape index (κ3) is 27.0. The summed E-state index contributed by atoms with van der Waals surface area (Å²) in [5, 5.41) is 17.9. The number of hydrogen-bond acceptors (Lipinski definition) is 10. The molecule has 0 aliphatic rings. The Hall–Kier alpha value is -0.620. The molecule has 3 amide bonds. The molecule has 0 bridgehead atoms. The van der Waals surface area contributed by atoms with Crippen molar-refractivity contribution in [2.75, 3.05) is 78.0 Å². The smallest absolute Gasteiger partial charge is 0.230 e. The molecular weight excluding hydrogens is 556 g/mol. The summed E-state index contributed by atoms with van der Waals surface area (Å²) in [4.78, 5) is 44.6. The van der Waals surface area contributed by atoms with Gasteiger partial charge in [0.05, 0.1) is 25.6 Å². The normalized spacial score (nSPS) is 13.5. The topological polar surface area (TPSA) is 165 Å². The van der Waals surface area contributed by atoms with Crippen molar-refractivity contribution in [3.8, 4) is 0 Å². The second-order valence-electron chi connectivity index (χ2n) is 8.31. The molecule has 38 heavy (non-hydrogen) atoms. The summed E-state index contributed by atoms with van der Waals surface area (Å²) in [7, 11) is -0.610. The van der Waals surface area contributed by atoms with Gasteiger partial charge in [-0.2, -0.15) is 11.8 Å². The Bertz CT molecular complexity index is 625. The molecule has 0 saturated heterocycles. The van der Waals surface area contributed by atoms with Crippen LogP contribution in [0.4, 0.5) is 0 Å². The Morgan fingerprint density at radius 3 is 2.18 bits per heavy atom. The van der Waals surface area contributed by atoms with Crippen molar-refractivity contribution in [2.24, 2.45) is 0 Å². The van der Waals surface area contributed by atoms with Crippen LogP contribution in [-0.2, 0) is 32.7 Å². The third-order valence-corrected chi connectivity index (χ3v) is 7.40. The monoisotopic (exact) mass is 603 g/mol. The van der Waals surface area contributed by atoms with Crippen LogP contribution in [-0.4, -0.2) is 112 Å². The second-order valence-corrected chi connectivity index (χ2v) is 12.1. The molecule has 0 saturated carbocycles. The molecule has 0 aromatic rings. The van der Waals surface area contributed by atoms with E-state index in [0.29, 0.717) is 44.9 Å². The van der Waals surface area contributed by atoms with E-state index in [2.05, 4.69) is 16.0 Å². The van der Waals surface area contributed by atoms with E-state index in [4.69, 9.17) is 23.2 Å². The molecule has 15 heteroatoms. The highest BCUT2D eigenvalue weighted by molar-refractivity contribution is 7.99. The van der Waals surface area contributed by atoms with Gasteiger partial charge in [-0.25, -0.2) is 0 Å². The molecule has 0 radical (unpaired) electrons. The van der Waals surface area contributed by atoms with Crippen LogP contribution in [0.25, 0.3) is 0 Å². The number of thioether (sulfide) groups is 1. The molecule has 5 N–H and O–H groups in total. The molecule has 3 unspecified atom stereocenters. The van der Waals surface area contributed by atoms with Crippen molar-refractivity contribution in [1.82, 2.24) is 16.0 Å². The zero-order chi connectivity index (χ0) is 28.4. The van der Waals surface area contributed by atoms with E-state index in [9.17, 15) is 19.5 Å². The number of nitrogens with one attached hydrogen (secondary N) is 3. The van der Waals surface area contributed by atoms with E-state index in [1.165, 1.54) is 18.4 Å². The Morgan fingerprint density at radius 1 is 0.816 bits per heavy atom. The van der Waals surface area contributed by atoms with Gasteiger partial charge in [0.1, 0.15) is 6.10 Å². The van der Waals surface area contributed by atoms with E-state index < -0.39 is 22.9 Å². The lowest BCUT2D eigenvalue weighted by molar-refractivity contribution is -0.122. The molecule has 0 aromatic heterocycles. The van der Waals surface area contributed by atoms with Crippen LogP contribution in [0.3, 0.4) is 0 Å². The lowest BCUT2D eigenvalue weighted by atomic mass is 10.2. The van der Waals surface area contributed by atoms with Crippen LogP contribution in [0, 0.1) is 0 Å². The zero-order valence-corrected chi connectivity index (χ0v) is 25.6. The fourth-order valence-corrected chi connectivity index (χ4v) is 4.43. The van der Waals surface area contributed by atoms with Crippen LogP contribution < -0.4 is 16.0 Å². The number of unbranched alkanes of at least 4 members (excludes halogenated alkanes) is 3. The molecule has 0 rings (SSSR count). The summed E-state index contributed by atoms with van der Waals surface area (Å²) < 4.78 is 20.8. The minimum absolute atomic E-state index is 0.0118. The Kier molecular flexibility index (Phi) is 26.2. The van der Waals surface area contributed by atoms with E-state index in [-0.39, 0.29) is 49.7 Å². The van der Waals surface area contributed by atoms with Gasteiger partial charge in [-0.15, -0.1) is 0 Å². The van der Waals surface area contributed by atoms with E-state index in [0.717, 1.165) is 25.7 Å². The lowest BCUT2D eigenvalue weighted by Crippen LogP contribution is -2.32. The minimum Gasteiger partial charge on any atom is -0.388 e. The average molecular weight is 604 g/mol. The summed E-state index contributed by atoms with van der Waals surface area (Å²) in [5.74, 6) is 0.455. The number of rotatable bonds is 26. The Morgan fingerprint density at radius 2 is 1.47 bits per heavy atom. The van der Waals surface area contributed by atoms with Crippen molar-refractivity contribution in [3.63, 3.8) is 0 Å². The van der Waals surface area contributed by atoms with Gasteiger partial charge in [0.2, 0.25) is 17.7 Å². The van der Waals surface area contributed by atoms with Gasteiger partial charge in [0.25, 0.3) is 0 Å². The second kappa shape index (κ2) is 26.6. The number of aliphatic hydroxyl groups excluding tert-OH is 1. The molecule has 12 nitrogen and oxygen atoms in total. The average Bonchev–Trinajstić information content (AvgIpc) is 2.88. The SMILES string of the molecule is COP(C)OCCCCCCNC(=O)CCSCC(=O)NCCC(=O)NCCCOCC(O)COP(C)O. The quantitative estimate of drug-likeness (QED) is 0.0727. The van der Waals surface area contributed by atoms with Crippen molar-refractivity contribution < 1.29 is 42.7 Å². The first-order chi connectivity index (χ1) is 18.2. The van der Waals surface area contributed by atoms with Gasteiger partial charge in [0, 0.05) is 65.3 Å². The van der Waals surface area contributed by atoms with Crippen molar-refractivity contribution in [3.05, 3.63) is 0 Å². The fourth-order valence-electron chi connectivity index (χ4n) is 2.79. The maximum absolute atomic E-state index is 11.9. The third-order valence-electron chi connectivity index (χ3n) is 4.86. The summed E-state index contributed by atoms with van der Waals surface area (Å²) in [5.41, 5.74) is 0. The predicted octanol–water partition coefficient (Wildman–Crippen LogP) is 1.73. The summed E-state index contributed by atoms with van der Waals surface area (Å²) in [6.07, 6.45) is 4.33. The molecule has 0 aliphatic heterocycles. The summed E-state index contributed by atoms with van der Waals surface area (Å²) in [6, 6.07) is 0. The number of ether oxygens (including phenoxy) is 1. The molecule has 3 atom stereocenters. The van der Waals surface area contributed by atoms with E-state index in [1.807, 2.05) is 6.66 Å². The summed E-state index contributed by atoms with van der Waals surface area (Å²) >= 11 is 1.39. The largest absolute Gasteiger partial charge is 0.388 e. The Balaban J connectivity index is 3.49. The van der Waals surface area contributed by atoms with Crippen LogP contribution in [0.1, 0.15) is 44.9 Å². The maximum Gasteiger partial charge on any atom is 0.230 e. The predicted molar refractivity (Wildman–Crippen MR) is 152 cm³/mol. The summed E-state index contributed by atoms with van der Waals surface area (Å²) in [6.45, 7) is 5.96. The lowest BCUT2D eigenvalue weighted by Gasteiger charge is -2.12. The molecular formula is C23H47N3O9P2S. The standard InChI is InChI=1S/C23H47N3O9P2S/c1-32-37(3)34-15-7-5-4-6-11-24-22(29)10-16-38-19-23(30)26-13-9-21(28)25-12-8-14-33-17-20(27)18-35-36(2)31/h20,27,31H,4-19H2,1-3H3,(H,24,29)(H,25,28)(H,26,30). The highest BCUT2D eigenvalue weighted by Gasteiger charge is 2.08. The van der Waals surface area contributed by atoms with Crippen molar-refractivity contribution in [1.29, 1.82) is 0 Å². The highest BCUT2D eigenvalue weighted by atomic mass is 32.2. The molecule has 0 aliphatic carbocycles. The highest BCUT2D eigenvalue weighted by Crippen LogP contribution is 2.31. The molecule has 0 spiro atoms. The van der Waals surface area contributed by atoms with Gasteiger partial charge < -0.3 is 44.3 Å². The van der Waals surface area contributed by atoms with Crippen LogP contribution in [0.5, 0.6) is 0 Å². The van der Waals surface area contributed by atoms with E-state index in [1.54, 1.807) is 7.11 Å². The zero-order valence-electron chi connectivity index (χ0n) is 22.9. The van der Waals surface area contributed by atoms with Gasteiger partial charge >= 0.3 is 0 Å². The first-order valence-corrected chi connectivity index (χ1v) is 17.3. The van der Waals surface area contributed by atoms with Gasteiger partial charge in [-0.3, -0.25) is 14.4 Å². The number of amides is 3. The number of carbonyl (C=O) groups is 3. The van der Waals surface area contributed by atoms with Crippen LogP contribution in [0.2, 0.25) is 0 Å². The van der Waals surface area contributed by atoms with Crippen molar-refractivity contribution >= 4 is 46.2 Å². The van der Waals surface area contributed by atoms with Crippen LogP contribution in [0.15, 0.2) is 0 Å². The molecule has 224 valence electrons.